The lowest BCUT2D eigenvalue weighted by molar-refractivity contribution is 0.0491. The zero-order chi connectivity index (χ0) is 13.5. The Bertz CT molecular complexity index is 355. The molecule has 0 amide bonds. The van der Waals surface area contributed by atoms with Crippen LogP contribution in [0.1, 0.15) is 20.3 Å². The highest BCUT2D eigenvalue weighted by molar-refractivity contribution is 5.38. The van der Waals surface area contributed by atoms with Crippen LogP contribution in [-0.4, -0.2) is 41.6 Å². The first-order valence-corrected chi connectivity index (χ1v) is 5.69. The first kappa shape index (κ1) is 14.4. The Morgan fingerprint density at radius 2 is 1.78 bits per heavy atom. The standard InChI is InChI=1S/C10H20N6O2/c1-4-7(2)18-6-16(5-17-3)10-14-8(11)13-9(12)15-10/h7H,4-6H2,1-3H3,(H4,11,12,13,14,15). The smallest absolute Gasteiger partial charge is 0.235 e. The van der Waals surface area contributed by atoms with Crippen molar-refractivity contribution >= 4 is 17.8 Å². The van der Waals surface area contributed by atoms with E-state index in [1.807, 2.05) is 13.8 Å². The molecular weight excluding hydrogens is 236 g/mol. The van der Waals surface area contributed by atoms with Crippen LogP contribution in [0.3, 0.4) is 0 Å². The van der Waals surface area contributed by atoms with Crippen LogP contribution in [0, 0.1) is 0 Å². The fourth-order valence-electron chi connectivity index (χ4n) is 1.18. The zero-order valence-electron chi connectivity index (χ0n) is 11.0. The summed E-state index contributed by atoms with van der Waals surface area (Å²) in [6.45, 7) is 4.61. The lowest BCUT2D eigenvalue weighted by Gasteiger charge is -2.23. The number of anilines is 3. The van der Waals surface area contributed by atoms with Gasteiger partial charge in [0.05, 0.1) is 6.10 Å². The summed E-state index contributed by atoms with van der Waals surface area (Å²) in [4.78, 5) is 13.4. The molecule has 1 aromatic heterocycles. The summed E-state index contributed by atoms with van der Waals surface area (Å²) in [5, 5.41) is 0. The number of hydrogen-bond acceptors (Lipinski definition) is 8. The average molecular weight is 256 g/mol. The number of ether oxygens (including phenoxy) is 2. The van der Waals surface area contributed by atoms with Gasteiger partial charge in [0.2, 0.25) is 17.8 Å². The molecule has 0 radical (unpaired) electrons. The van der Waals surface area contributed by atoms with Gasteiger partial charge in [-0.15, -0.1) is 0 Å². The summed E-state index contributed by atoms with van der Waals surface area (Å²) < 4.78 is 10.7. The van der Waals surface area contributed by atoms with Crippen molar-refractivity contribution in [3.05, 3.63) is 0 Å². The zero-order valence-corrected chi connectivity index (χ0v) is 11.0. The quantitative estimate of drug-likeness (QED) is 0.666. The molecule has 0 spiro atoms. The van der Waals surface area contributed by atoms with Crippen molar-refractivity contribution in [2.45, 2.75) is 26.4 Å². The van der Waals surface area contributed by atoms with E-state index in [2.05, 4.69) is 15.0 Å². The van der Waals surface area contributed by atoms with Gasteiger partial charge in [0, 0.05) is 7.11 Å². The number of aromatic nitrogens is 3. The summed E-state index contributed by atoms with van der Waals surface area (Å²) in [5.41, 5.74) is 11.0. The Morgan fingerprint density at radius 3 is 2.28 bits per heavy atom. The number of nitrogens with two attached hydrogens (primary N) is 2. The first-order valence-electron chi connectivity index (χ1n) is 5.69. The highest BCUT2D eigenvalue weighted by Crippen LogP contribution is 2.11. The Labute approximate surface area is 106 Å². The van der Waals surface area contributed by atoms with Gasteiger partial charge in [-0.3, -0.25) is 4.90 Å². The molecule has 102 valence electrons. The van der Waals surface area contributed by atoms with E-state index in [4.69, 9.17) is 20.9 Å². The Morgan fingerprint density at radius 1 is 1.17 bits per heavy atom. The van der Waals surface area contributed by atoms with E-state index in [1.165, 1.54) is 0 Å². The van der Waals surface area contributed by atoms with Crippen molar-refractivity contribution in [3.63, 3.8) is 0 Å². The van der Waals surface area contributed by atoms with Crippen molar-refractivity contribution < 1.29 is 9.47 Å². The van der Waals surface area contributed by atoms with E-state index >= 15 is 0 Å². The molecule has 0 fully saturated rings. The number of nitrogens with zero attached hydrogens (tertiary/aromatic N) is 4. The van der Waals surface area contributed by atoms with Gasteiger partial charge < -0.3 is 20.9 Å². The molecule has 0 saturated carbocycles. The summed E-state index contributed by atoms with van der Waals surface area (Å²) in [7, 11) is 1.57. The third-order valence-electron chi connectivity index (χ3n) is 2.32. The SMILES string of the molecule is CCC(C)OCN(COC)c1nc(N)nc(N)n1. The van der Waals surface area contributed by atoms with E-state index in [1.54, 1.807) is 12.0 Å². The van der Waals surface area contributed by atoms with Crippen LogP contribution in [-0.2, 0) is 9.47 Å². The second kappa shape index (κ2) is 6.92. The van der Waals surface area contributed by atoms with E-state index < -0.39 is 0 Å². The summed E-state index contributed by atoms with van der Waals surface area (Å²) >= 11 is 0. The van der Waals surface area contributed by atoms with Crippen molar-refractivity contribution in [1.82, 2.24) is 15.0 Å². The molecule has 1 atom stereocenters. The molecule has 1 heterocycles. The maximum atomic E-state index is 5.60. The van der Waals surface area contributed by atoms with Crippen molar-refractivity contribution in [2.75, 3.05) is 36.9 Å². The maximum Gasteiger partial charge on any atom is 0.235 e. The number of rotatable bonds is 7. The second-order valence-electron chi connectivity index (χ2n) is 3.82. The van der Waals surface area contributed by atoms with E-state index in [9.17, 15) is 0 Å². The minimum atomic E-state index is 0.0714. The molecular formula is C10H20N6O2. The molecule has 0 aliphatic heterocycles. The van der Waals surface area contributed by atoms with E-state index in [0.717, 1.165) is 6.42 Å². The maximum absolute atomic E-state index is 5.60. The van der Waals surface area contributed by atoms with Crippen LogP contribution < -0.4 is 16.4 Å². The minimum Gasteiger partial charge on any atom is -0.368 e. The molecule has 8 heteroatoms. The van der Waals surface area contributed by atoms with Crippen LogP contribution in [0.15, 0.2) is 0 Å². The fourth-order valence-corrected chi connectivity index (χ4v) is 1.18. The predicted octanol–water partition coefficient (Wildman–Crippen LogP) is 0.219. The molecule has 0 aromatic carbocycles. The van der Waals surface area contributed by atoms with Crippen LogP contribution in [0.4, 0.5) is 17.8 Å². The summed E-state index contributed by atoms with van der Waals surface area (Å²) in [6, 6.07) is 0. The monoisotopic (exact) mass is 256 g/mol. The van der Waals surface area contributed by atoms with E-state index in [-0.39, 0.29) is 24.7 Å². The third kappa shape index (κ3) is 4.30. The summed E-state index contributed by atoms with van der Waals surface area (Å²) in [5.74, 6) is 0.481. The topological polar surface area (TPSA) is 112 Å². The Hall–Kier alpha value is -1.67. The van der Waals surface area contributed by atoms with Crippen molar-refractivity contribution in [1.29, 1.82) is 0 Å². The predicted molar refractivity (Wildman–Crippen MR) is 68.7 cm³/mol. The number of hydrogen-bond donors (Lipinski definition) is 2. The molecule has 18 heavy (non-hydrogen) atoms. The highest BCUT2D eigenvalue weighted by Gasteiger charge is 2.13. The largest absolute Gasteiger partial charge is 0.368 e. The minimum absolute atomic E-state index is 0.0714. The van der Waals surface area contributed by atoms with Gasteiger partial charge in [0.15, 0.2) is 0 Å². The van der Waals surface area contributed by atoms with Gasteiger partial charge in [0.25, 0.3) is 0 Å². The van der Waals surface area contributed by atoms with Crippen LogP contribution >= 0.6 is 0 Å². The van der Waals surface area contributed by atoms with Crippen LogP contribution in [0.2, 0.25) is 0 Å². The Kier molecular flexibility index (Phi) is 5.53. The molecule has 0 aliphatic rings. The lowest BCUT2D eigenvalue weighted by Crippen LogP contribution is -2.32. The van der Waals surface area contributed by atoms with Gasteiger partial charge in [0.1, 0.15) is 13.5 Å². The van der Waals surface area contributed by atoms with Gasteiger partial charge in [-0.25, -0.2) is 0 Å². The number of methoxy groups -OCH3 is 1. The molecule has 8 nitrogen and oxygen atoms in total. The molecule has 0 bridgehead atoms. The van der Waals surface area contributed by atoms with Crippen molar-refractivity contribution in [2.24, 2.45) is 0 Å². The lowest BCUT2D eigenvalue weighted by atomic mass is 10.3. The van der Waals surface area contributed by atoms with Gasteiger partial charge in [-0.2, -0.15) is 15.0 Å². The molecule has 0 aliphatic carbocycles. The van der Waals surface area contributed by atoms with Gasteiger partial charge in [-0.05, 0) is 13.3 Å². The average Bonchev–Trinajstić information content (AvgIpc) is 2.32. The second-order valence-corrected chi connectivity index (χ2v) is 3.82. The molecule has 4 N–H and O–H groups in total. The normalized spacial score (nSPS) is 12.4. The van der Waals surface area contributed by atoms with Gasteiger partial charge >= 0.3 is 0 Å². The third-order valence-corrected chi connectivity index (χ3v) is 2.32. The Balaban J connectivity index is 2.76. The molecule has 1 unspecified atom stereocenters. The summed E-state index contributed by atoms with van der Waals surface area (Å²) in [6.07, 6.45) is 1.06. The fraction of sp³-hybridized carbons (Fsp3) is 0.700. The van der Waals surface area contributed by atoms with Crippen LogP contribution in [0.25, 0.3) is 0 Å². The first-order chi connectivity index (χ1) is 8.56. The van der Waals surface area contributed by atoms with E-state index in [0.29, 0.717) is 12.7 Å². The molecule has 1 rings (SSSR count). The molecule has 1 aromatic rings. The highest BCUT2D eigenvalue weighted by atomic mass is 16.5. The van der Waals surface area contributed by atoms with Crippen LogP contribution in [0.5, 0.6) is 0 Å². The number of nitrogen functional groups attached to an aromatic ring is 2. The molecule has 0 saturated heterocycles. The van der Waals surface area contributed by atoms with Crippen molar-refractivity contribution in [3.8, 4) is 0 Å². The van der Waals surface area contributed by atoms with Gasteiger partial charge in [-0.1, -0.05) is 6.92 Å².